The molecule has 0 bridgehead atoms. The van der Waals surface area contributed by atoms with E-state index in [2.05, 4.69) is 187 Å². The van der Waals surface area contributed by atoms with Crippen LogP contribution in [0.15, 0.2) is 97.1 Å². The molecule has 0 fully saturated rings. The second kappa shape index (κ2) is 21.4. The van der Waals surface area contributed by atoms with Gasteiger partial charge < -0.3 is 19.1 Å². The van der Waals surface area contributed by atoms with Gasteiger partial charge in [-0.15, -0.1) is 63.0 Å². The first-order valence-corrected chi connectivity index (χ1v) is 24.9. The molecule has 0 atom stereocenters. The Bertz CT molecular complexity index is 2120. The number of aryl methyl sites for hydroxylation is 3. The Kier molecular flexibility index (Phi) is 18.2. The van der Waals surface area contributed by atoms with E-state index in [0.717, 1.165) is 13.0 Å². The van der Waals surface area contributed by atoms with Gasteiger partial charge >= 0.3 is 30.2 Å². The second-order valence-electron chi connectivity index (χ2n) is 18.6. The van der Waals surface area contributed by atoms with E-state index in [4.69, 9.17) is 4.74 Å². The topological polar surface area (TPSA) is 9.23 Å². The van der Waals surface area contributed by atoms with Crippen LogP contribution < -0.4 is 0 Å². The van der Waals surface area contributed by atoms with Gasteiger partial charge in [0.2, 0.25) is 0 Å². The van der Waals surface area contributed by atoms with Crippen LogP contribution in [-0.4, -0.2) is 19.1 Å². The molecule has 6 aromatic rings. The zero-order valence-electron chi connectivity index (χ0n) is 37.5. The van der Waals surface area contributed by atoms with Crippen LogP contribution in [0.4, 0.5) is 0 Å². The Balaban J connectivity index is 0.000000235. The first-order valence-electron chi connectivity index (χ1n) is 20.7. The molecule has 0 saturated carbocycles. The molecular formula is C54H70OSiZr-4. The van der Waals surface area contributed by atoms with Crippen molar-refractivity contribution < 1.29 is 28.1 Å². The second-order valence-corrected chi connectivity index (χ2v) is 18.6. The minimum atomic E-state index is 0. The standard InChI is InChI=1S/C23H25.C20H21.C10H21O.CH3.Si.Zr/c1-15-12-18-14-17-6-5-7-20(17)22(21(18)13-15)16-8-10-19(11-9-16)23(2,3)4;1-14-12-16-6-5-7-18(19(16)13-14)15-8-10-17(11-9-15)20(2,3)4;1-5-6-7-8-9-11-10(2,3)4;;;/h8-14H,5-7H2,1-4H3;5-13H,1-4H3;1,5-9H2,2-4H3;1H3;;/q4*-1;;. The molecule has 1 aliphatic carbocycles. The van der Waals surface area contributed by atoms with Crippen LogP contribution in [0.3, 0.4) is 0 Å². The number of rotatable bonds is 7. The van der Waals surface area contributed by atoms with Gasteiger partial charge in [-0.2, -0.15) is 18.6 Å². The summed E-state index contributed by atoms with van der Waals surface area (Å²) in [5.41, 5.74) is 14.6. The summed E-state index contributed by atoms with van der Waals surface area (Å²) in [6, 6.07) is 36.5. The number of benzene rings is 4. The summed E-state index contributed by atoms with van der Waals surface area (Å²) >= 11 is 1.36. The first kappa shape index (κ1) is 48.5. The molecule has 0 unspecified atom stereocenters. The average Bonchev–Trinajstić information content (AvgIpc) is 3.87. The molecule has 1 aliphatic rings. The zero-order valence-corrected chi connectivity index (χ0v) is 41.0. The molecule has 6 aromatic carbocycles. The quantitative estimate of drug-likeness (QED) is 0.0883. The third-order valence-corrected chi connectivity index (χ3v) is 10.7. The van der Waals surface area contributed by atoms with Gasteiger partial charge in [-0.05, 0) is 79.5 Å². The Morgan fingerprint density at radius 1 is 0.649 bits per heavy atom. The molecule has 0 spiro atoms. The average molecular weight is 854 g/mol. The van der Waals surface area contributed by atoms with E-state index in [9.17, 15) is 0 Å². The molecule has 57 heavy (non-hydrogen) atoms. The number of hydrogen-bond acceptors (Lipinski definition) is 1. The molecule has 0 N–H and O–H groups in total. The Hall–Kier alpha value is -2.84. The van der Waals surface area contributed by atoms with E-state index in [1.807, 2.05) is 0 Å². The normalized spacial score (nSPS) is 12.4. The van der Waals surface area contributed by atoms with Gasteiger partial charge in [0.15, 0.2) is 0 Å². The fraction of sp³-hybridized carbons (Fsp3) is 0.407. The number of fused-ring (bicyclic) bond motifs is 3. The molecule has 0 heterocycles. The Morgan fingerprint density at radius 2 is 1.19 bits per heavy atom. The fourth-order valence-corrected chi connectivity index (χ4v) is 7.66. The molecule has 0 saturated heterocycles. The van der Waals surface area contributed by atoms with Gasteiger partial charge in [-0.3, -0.25) is 0 Å². The van der Waals surface area contributed by atoms with Gasteiger partial charge in [0.25, 0.3) is 0 Å². The number of ether oxygens (including phenoxy) is 1. The molecule has 1 nitrogen and oxygen atoms in total. The molecule has 3 heteroatoms. The van der Waals surface area contributed by atoms with Crippen molar-refractivity contribution in [1.29, 1.82) is 0 Å². The van der Waals surface area contributed by atoms with E-state index >= 15 is 0 Å². The van der Waals surface area contributed by atoms with E-state index in [-0.39, 0.29) is 23.9 Å². The van der Waals surface area contributed by atoms with E-state index < -0.39 is 0 Å². The summed E-state index contributed by atoms with van der Waals surface area (Å²) in [5.74, 6) is 0. The molecule has 0 amide bonds. The predicted molar refractivity (Wildman–Crippen MR) is 251 cm³/mol. The van der Waals surface area contributed by atoms with Crippen molar-refractivity contribution in [1.82, 2.24) is 0 Å². The summed E-state index contributed by atoms with van der Waals surface area (Å²) in [7, 11) is 0. The molecule has 0 aromatic heterocycles. The van der Waals surface area contributed by atoms with Crippen molar-refractivity contribution in [2.24, 2.45) is 0 Å². The SMILES string of the molecule is Cc1cc2c(-c3ccc(C(C)(C)C)cc3)c3c(cc2[cH-]1)CCC3.Cc1cc2c(-c3ccc(C(C)(C)C)cc3)cccc2[cH-]1.[CH2-]CCCCCOC(C)(C)C.[CH3-].[Si]=[Zr]. The predicted octanol–water partition coefficient (Wildman–Crippen LogP) is 15.4. The molecule has 304 valence electrons. The summed E-state index contributed by atoms with van der Waals surface area (Å²) in [5, 5.41) is 5.54. The van der Waals surface area contributed by atoms with Crippen molar-refractivity contribution in [3.8, 4) is 22.3 Å². The van der Waals surface area contributed by atoms with Gasteiger partial charge in [0.05, 0.1) is 5.60 Å². The van der Waals surface area contributed by atoms with E-state index in [1.165, 1.54) is 128 Å². The zero-order chi connectivity index (χ0) is 41.3. The van der Waals surface area contributed by atoms with Gasteiger partial charge in [-0.1, -0.05) is 145 Å². The van der Waals surface area contributed by atoms with Gasteiger partial charge in [0, 0.05) is 6.61 Å². The van der Waals surface area contributed by atoms with E-state index in [1.54, 1.807) is 11.1 Å². The summed E-state index contributed by atoms with van der Waals surface area (Å²) in [6.07, 6.45) is 8.47. The van der Waals surface area contributed by atoms with Crippen LogP contribution in [0.1, 0.15) is 128 Å². The van der Waals surface area contributed by atoms with Crippen molar-refractivity contribution in [3.05, 3.63) is 145 Å². The molecule has 2 radical (unpaired) electrons. The third kappa shape index (κ3) is 13.6. The van der Waals surface area contributed by atoms with E-state index in [0.29, 0.717) is 0 Å². The number of unbranched alkanes of at least 4 members (excludes halogenated alkanes) is 3. The maximum atomic E-state index is 5.56. The monoisotopic (exact) mass is 852 g/mol. The molecule has 7 rings (SSSR count). The summed E-state index contributed by atoms with van der Waals surface area (Å²) in [6.45, 7) is 32.0. The van der Waals surface area contributed by atoms with Crippen molar-refractivity contribution in [2.45, 2.75) is 138 Å². The van der Waals surface area contributed by atoms with Gasteiger partial charge in [-0.25, -0.2) is 0 Å². The summed E-state index contributed by atoms with van der Waals surface area (Å²) < 4.78 is 5.56. The van der Waals surface area contributed by atoms with Crippen molar-refractivity contribution in [2.75, 3.05) is 6.61 Å². The van der Waals surface area contributed by atoms with Crippen LogP contribution >= 0.6 is 0 Å². The third-order valence-electron chi connectivity index (χ3n) is 10.7. The van der Waals surface area contributed by atoms with Crippen molar-refractivity contribution >= 4 is 28.4 Å². The van der Waals surface area contributed by atoms with Gasteiger partial charge in [0.1, 0.15) is 0 Å². The van der Waals surface area contributed by atoms with Crippen LogP contribution in [0.5, 0.6) is 0 Å². The summed E-state index contributed by atoms with van der Waals surface area (Å²) in [4.78, 5) is 0. The Labute approximate surface area is 365 Å². The van der Waals surface area contributed by atoms with Crippen molar-refractivity contribution in [3.63, 3.8) is 0 Å². The molecular weight excluding hydrogens is 784 g/mol. The van der Waals surface area contributed by atoms with Crippen LogP contribution in [-0.2, 0) is 51.7 Å². The molecule has 0 aliphatic heterocycles. The van der Waals surface area contributed by atoms with Crippen LogP contribution in [0.25, 0.3) is 43.8 Å². The number of hydrogen-bond donors (Lipinski definition) is 0. The first-order chi connectivity index (χ1) is 26.4. The van der Waals surface area contributed by atoms with Crippen LogP contribution in [0.2, 0.25) is 0 Å². The minimum absolute atomic E-state index is 0. The maximum absolute atomic E-state index is 5.56. The Morgan fingerprint density at radius 3 is 1.74 bits per heavy atom. The van der Waals surface area contributed by atoms with Crippen LogP contribution in [0, 0.1) is 28.2 Å². The fourth-order valence-electron chi connectivity index (χ4n) is 7.66.